The maximum atomic E-state index is 12.8. The molecule has 1 heterocycles. The Morgan fingerprint density at radius 1 is 1.29 bits per heavy atom. The molecule has 0 radical (unpaired) electrons. The first-order valence-electron chi connectivity index (χ1n) is 5.14. The van der Waals surface area contributed by atoms with Crippen molar-refractivity contribution in [1.82, 2.24) is 15.5 Å². The Morgan fingerprint density at radius 2 is 1.94 bits per heavy atom. The number of aliphatic imine (C=N–C) groups is 1. The van der Waals surface area contributed by atoms with E-state index in [1.165, 1.54) is 12.1 Å². The Morgan fingerprint density at radius 3 is 2.53 bits per heavy atom. The number of amides is 2. The molecule has 2 amide bonds. The van der Waals surface area contributed by atoms with E-state index in [2.05, 4.69) is 15.6 Å². The van der Waals surface area contributed by atoms with E-state index in [0.717, 1.165) is 5.56 Å². The van der Waals surface area contributed by atoms with Crippen LogP contribution >= 0.6 is 0 Å². The number of carbonyl (C=O) groups is 1. The lowest BCUT2D eigenvalue weighted by molar-refractivity contribution is 0.238. The summed E-state index contributed by atoms with van der Waals surface area (Å²) in [6.07, 6.45) is -0.484. The molecule has 0 fully saturated rings. The first-order valence-corrected chi connectivity index (χ1v) is 5.14. The van der Waals surface area contributed by atoms with Crippen molar-refractivity contribution in [2.24, 2.45) is 4.99 Å². The van der Waals surface area contributed by atoms with E-state index in [0.29, 0.717) is 5.96 Å². The van der Waals surface area contributed by atoms with Crippen molar-refractivity contribution in [2.45, 2.75) is 6.17 Å². The molecule has 0 saturated carbocycles. The maximum absolute atomic E-state index is 12.8. The molecule has 0 spiro atoms. The maximum Gasteiger partial charge on any atom is 0.323 e. The quantitative estimate of drug-likeness (QED) is 0.766. The largest absolute Gasteiger partial charge is 0.349 e. The lowest BCUT2D eigenvalue weighted by Gasteiger charge is -2.26. The Hall–Kier alpha value is -2.11. The third-order valence-electron chi connectivity index (χ3n) is 2.35. The zero-order valence-electron chi connectivity index (χ0n) is 9.57. The fourth-order valence-corrected chi connectivity index (χ4v) is 1.48. The first kappa shape index (κ1) is 11.4. The van der Waals surface area contributed by atoms with Crippen LogP contribution in [0.3, 0.4) is 0 Å². The number of carbonyl (C=O) groups excluding carboxylic acids is 1. The lowest BCUT2D eigenvalue weighted by atomic mass is 10.1. The zero-order valence-corrected chi connectivity index (χ0v) is 9.57. The van der Waals surface area contributed by atoms with Crippen molar-refractivity contribution in [2.75, 3.05) is 14.1 Å². The van der Waals surface area contributed by atoms with Gasteiger partial charge in [-0.05, 0) is 17.7 Å². The molecule has 0 bridgehead atoms. The molecule has 90 valence electrons. The highest BCUT2D eigenvalue weighted by Gasteiger charge is 2.21. The lowest BCUT2D eigenvalue weighted by Crippen LogP contribution is -2.50. The smallest absolute Gasteiger partial charge is 0.323 e. The summed E-state index contributed by atoms with van der Waals surface area (Å²) < 4.78 is 12.8. The zero-order chi connectivity index (χ0) is 12.4. The molecule has 1 aliphatic rings. The summed E-state index contributed by atoms with van der Waals surface area (Å²) in [6.45, 7) is 0. The van der Waals surface area contributed by atoms with Gasteiger partial charge >= 0.3 is 6.03 Å². The summed E-state index contributed by atoms with van der Waals surface area (Å²) in [5.74, 6) is 0.161. The Kier molecular flexibility index (Phi) is 2.95. The molecule has 2 N–H and O–H groups in total. The Labute approximate surface area is 98.3 Å². The Balaban J connectivity index is 2.28. The van der Waals surface area contributed by atoms with Gasteiger partial charge in [0, 0.05) is 14.1 Å². The molecule has 1 atom stereocenters. The number of hydrogen-bond donors (Lipinski definition) is 2. The van der Waals surface area contributed by atoms with Crippen LogP contribution in [0.2, 0.25) is 0 Å². The standard InChI is InChI=1S/C11H13FN4O/c1-16(2)10-13-9(14-11(17)15-10)7-3-5-8(12)6-4-7/h3-6,9H,1-2H3,(H2,13,14,15,17). The van der Waals surface area contributed by atoms with Crippen LogP contribution in [0.25, 0.3) is 0 Å². The van der Waals surface area contributed by atoms with E-state index < -0.39 is 6.17 Å². The first-order chi connectivity index (χ1) is 8.06. The average molecular weight is 236 g/mol. The van der Waals surface area contributed by atoms with Gasteiger partial charge in [0.05, 0.1) is 0 Å². The van der Waals surface area contributed by atoms with Crippen molar-refractivity contribution in [3.05, 3.63) is 35.6 Å². The van der Waals surface area contributed by atoms with Crippen LogP contribution in [0.1, 0.15) is 11.7 Å². The third kappa shape index (κ3) is 2.52. The summed E-state index contributed by atoms with van der Waals surface area (Å²) in [4.78, 5) is 17.4. The summed E-state index contributed by atoms with van der Waals surface area (Å²) in [5.41, 5.74) is 0.737. The molecular weight excluding hydrogens is 223 g/mol. The monoisotopic (exact) mass is 236 g/mol. The number of nitrogens with one attached hydrogen (secondary N) is 2. The van der Waals surface area contributed by atoms with Crippen LogP contribution in [0.5, 0.6) is 0 Å². The van der Waals surface area contributed by atoms with Crippen LogP contribution in [0.4, 0.5) is 9.18 Å². The van der Waals surface area contributed by atoms with E-state index >= 15 is 0 Å². The van der Waals surface area contributed by atoms with E-state index in [9.17, 15) is 9.18 Å². The summed E-state index contributed by atoms with van der Waals surface area (Å²) in [6, 6.07) is 5.56. The van der Waals surface area contributed by atoms with Crippen LogP contribution in [0.15, 0.2) is 29.3 Å². The topological polar surface area (TPSA) is 56.7 Å². The van der Waals surface area contributed by atoms with Gasteiger partial charge in [0.2, 0.25) is 5.96 Å². The normalized spacial score (nSPS) is 19.1. The highest BCUT2D eigenvalue weighted by Crippen LogP contribution is 2.17. The molecule has 5 nitrogen and oxygen atoms in total. The number of halogens is 1. The van der Waals surface area contributed by atoms with Crippen LogP contribution in [-0.4, -0.2) is 31.0 Å². The van der Waals surface area contributed by atoms with Crippen LogP contribution in [-0.2, 0) is 0 Å². The predicted octanol–water partition coefficient (Wildman–Crippen LogP) is 1.05. The van der Waals surface area contributed by atoms with E-state index in [1.807, 2.05) is 0 Å². The van der Waals surface area contributed by atoms with Crippen molar-refractivity contribution < 1.29 is 9.18 Å². The second-order valence-electron chi connectivity index (χ2n) is 3.90. The van der Waals surface area contributed by atoms with E-state index in [1.54, 1.807) is 31.1 Å². The molecule has 0 aromatic heterocycles. The molecule has 1 aromatic carbocycles. The van der Waals surface area contributed by atoms with Gasteiger partial charge in [-0.1, -0.05) is 12.1 Å². The van der Waals surface area contributed by atoms with Gasteiger partial charge in [-0.2, -0.15) is 0 Å². The molecule has 1 aromatic rings. The molecule has 0 aliphatic carbocycles. The average Bonchev–Trinajstić information content (AvgIpc) is 2.29. The molecule has 6 heteroatoms. The molecule has 1 unspecified atom stereocenters. The van der Waals surface area contributed by atoms with Gasteiger partial charge < -0.3 is 10.2 Å². The van der Waals surface area contributed by atoms with Gasteiger partial charge in [-0.15, -0.1) is 0 Å². The minimum absolute atomic E-state index is 0.314. The molecule has 2 rings (SSSR count). The van der Waals surface area contributed by atoms with E-state index in [-0.39, 0.29) is 11.8 Å². The van der Waals surface area contributed by atoms with Crippen molar-refractivity contribution in [1.29, 1.82) is 0 Å². The predicted molar refractivity (Wildman–Crippen MR) is 61.9 cm³/mol. The van der Waals surface area contributed by atoms with E-state index in [4.69, 9.17) is 0 Å². The number of guanidine groups is 1. The van der Waals surface area contributed by atoms with Gasteiger partial charge in [-0.25, -0.2) is 14.2 Å². The van der Waals surface area contributed by atoms with Crippen molar-refractivity contribution in [3.63, 3.8) is 0 Å². The fraction of sp³-hybridized carbons (Fsp3) is 0.273. The molecule has 17 heavy (non-hydrogen) atoms. The molecule has 1 aliphatic heterocycles. The number of hydrogen-bond acceptors (Lipinski definition) is 3. The minimum atomic E-state index is -0.484. The second kappa shape index (κ2) is 4.40. The number of benzene rings is 1. The third-order valence-corrected chi connectivity index (χ3v) is 2.35. The number of urea groups is 1. The van der Waals surface area contributed by atoms with Crippen molar-refractivity contribution in [3.8, 4) is 0 Å². The molecular formula is C11H13FN4O. The van der Waals surface area contributed by atoms with Crippen LogP contribution < -0.4 is 10.6 Å². The second-order valence-corrected chi connectivity index (χ2v) is 3.90. The van der Waals surface area contributed by atoms with Crippen molar-refractivity contribution >= 4 is 12.0 Å². The highest BCUT2D eigenvalue weighted by atomic mass is 19.1. The summed E-state index contributed by atoms with van der Waals surface area (Å²) >= 11 is 0. The van der Waals surface area contributed by atoms with Gasteiger partial charge in [0.1, 0.15) is 5.82 Å². The highest BCUT2D eigenvalue weighted by molar-refractivity contribution is 5.97. The van der Waals surface area contributed by atoms with Gasteiger partial charge in [0.25, 0.3) is 0 Å². The number of rotatable bonds is 1. The summed E-state index contributed by atoms with van der Waals surface area (Å²) in [7, 11) is 3.57. The summed E-state index contributed by atoms with van der Waals surface area (Å²) in [5, 5.41) is 5.23. The van der Waals surface area contributed by atoms with Gasteiger partial charge in [0.15, 0.2) is 6.17 Å². The minimum Gasteiger partial charge on any atom is -0.349 e. The molecule has 0 saturated heterocycles. The van der Waals surface area contributed by atoms with Gasteiger partial charge in [-0.3, -0.25) is 5.32 Å². The SMILES string of the molecule is CN(C)C1=NC(c2ccc(F)cc2)NC(=O)N1. The Bertz CT molecular complexity index is 455. The van der Waals surface area contributed by atoms with Crippen LogP contribution in [0, 0.1) is 5.82 Å². The number of nitrogens with zero attached hydrogens (tertiary/aromatic N) is 2. The fourth-order valence-electron chi connectivity index (χ4n) is 1.48.